The summed E-state index contributed by atoms with van der Waals surface area (Å²) < 4.78 is 2.64. The SMILES string of the molecule is c1ccc(N(c2ccc(-c3cccc4c3ccc3c5ccccc5ccc43)cc2)c2cccc3sc4c5ccccc5ccc4c23)cc1. The largest absolute Gasteiger partial charge is 0.310 e. The third-order valence-electron chi connectivity index (χ3n) is 9.84. The molecule has 0 amide bonds. The molecule has 10 rings (SSSR count). The van der Waals surface area contributed by atoms with Gasteiger partial charge >= 0.3 is 0 Å². The molecule has 1 aromatic heterocycles. The van der Waals surface area contributed by atoms with Gasteiger partial charge in [-0.05, 0) is 90.6 Å². The molecule has 0 spiro atoms. The van der Waals surface area contributed by atoms with E-state index in [-0.39, 0.29) is 0 Å². The molecular formula is C46H29NS. The Morgan fingerprint density at radius 2 is 0.938 bits per heavy atom. The summed E-state index contributed by atoms with van der Waals surface area (Å²) in [5.41, 5.74) is 5.93. The van der Waals surface area contributed by atoms with Crippen LogP contribution in [0.1, 0.15) is 0 Å². The molecule has 0 aliphatic rings. The minimum atomic E-state index is 1.13. The Labute approximate surface area is 282 Å². The topological polar surface area (TPSA) is 3.24 Å². The second-order valence-corrected chi connectivity index (χ2v) is 13.5. The fourth-order valence-electron chi connectivity index (χ4n) is 7.62. The third kappa shape index (κ3) is 4.17. The van der Waals surface area contributed by atoms with Crippen molar-refractivity contribution in [2.75, 3.05) is 4.90 Å². The van der Waals surface area contributed by atoms with Crippen molar-refractivity contribution in [2.45, 2.75) is 0 Å². The monoisotopic (exact) mass is 627 g/mol. The van der Waals surface area contributed by atoms with Gasteiger partial charge in [0.05, 0.1) is 5.69 Å². The Morgan fingerprint density at radius 3 is 1.77 bits per heavy atom. The smallest absolute Gasteiger partial charge is 0.0554 e. The van der Waals surface area contributed by atoms with E-state index in [1.165, 1.54) is 80.1 Å². The zero-order valence-corrected chi connectivity index (χ0v) is 26.9. The van der Waals surface area contributed by atoms with Crippen molar-refractivity contribution in [3.8, 4) is 11.1 Å². The maximum absolute atomic E-state index is 2.41. The zero-order valence-electron chi connectivity index (χ0n) is 26.1. The average Bonchev–Trinajstić information content (AvgIpc) is 3.55. The van der Waals surface area contributed by atoms with E-state index in [1.807, 2.05) is 11.3 Å². The number of thiophene rings is 1. The van der Waals surface area contributed by atoms with Gasteiger partial charge in [0.1, 0.15) is 0 Å². The summed E-state index contributed by atoms with van der Waals surface area (Å²) in [6.07, 6.45) is 0. The van der Waals surface area contributed by atoms with Gasteiger partial charge in [-0.15, -0.1) is 11.3 Å². The van der Waals surface area contributed by atoms with Gasteiger partial charge in [0, 0.05) is 31.5 Å². The highest BCUT2D eigenvalue weighted by molar-refractivity contribution is 7.26. The van der Waals surface area contributed by atoms with Gasteiger partial charge in [-0.3, -0.25) is 0 Å². The molecule has 0 radical (unpaired) electrons. The standard InChI is InChI=1S/C46H29NS/c1-2-12-33(13-3-1)47(43-18-9-19-44-45(43)42-27-23-31-11-5-7-15-37(31)46(42)48-44)34-24-20-32(21-25-34)36-16-8-17-38-39(36)28-29-40-35-14-6-4-10-30(35)22-26-41(38)40/h1-29H. The second kappa shape index (κ2) is 10.8. The lowest BCUT2D eigenvalue weighted by Crippen LogP contribution is -2.10. The van der Waals surface area contributed by atoms with E-state index >= 15 is 0 Å². The maximum Gasteiger partial charge on any atom is 0.0554 e. The fourth-order valence-corrected chi connectivity index (χ4v) is 8.88. The maximum atomic E-state index is 2.41. The lowest BCUT2D eigenvalue weighted by Gasteiger charge is -2.26. The second-order valence-electron chi connectivity index (χ2n) is 12.5. The molecule has 1 heterocycles. The van der Waals surface area contributed by atoms with Crippen molar-refractivity contribution in [1.82, 2.24) is 0 Å². The normalized spacial score (nSPS) is 11.8. The summed E-state index contributed by atoms with van der Waals surface area (Å²) >= 11 is 1.89. The van der Waals surface area contributed by atoms with Crippen LogP contribution in [-0.2, 0) is 0 Å². The van der Waals surface area contributed by atoms with Crippen LogP contribution in [0.3, 0.4) is 0 Å². The highest BCUT2D eigenvalue weighted by Gasteiger charge is 2.19. The van der Waals surface area contributed by atoms with Crippen LogP contribution in [0.2, 0.25) is 0 Å². The van der Waals surface area contributed by atoms with Crippen molar-refractivity contribution < 1.29 is 0 Å². The lowest BCUT2D eigenvalue weighted by atomic mass is 9.92. The van der Waals surface area contributed by atoms with Crippen LogP contribution in [0.5, 0.6) is 0 Å². The summed E-state index contributed by atoms with van der Waals surface area (Å²) in [4.78, 5) is 2.41. The van der Waals surface area contributed by atoms with E-state index in [0.29, 0.717) is 0 Å². The molecule has 224 valence electrons. The van der Waals surface area contributed by atoms with Crippen LogP contribution in [-0.4, -0.2) is 0 Å². The van der Waals surface area contributed by atoms with Crippen LogP contribution in [0.4, 0.5) is 17.1 Å². The predicted molar refractivity (Wildman–Crippen MR) is 209 cm³/mol. The first-order valence-electron chi connectivity index (χ1n) is 16.4. The highest BCUT2D eigenvalue weighted by atomic mass is 32.1. The summed E-state index contributed by atoms with van der Waals surface area (Å²) in [5.74, 6) is 0. The molecule has 0 atom stereocenters. The Morgan fingerprint density at radius 1 is 0.354 bits per heavy atom. The number of hydrogen-bond donors (Lipinski definition) is 0. The first-order chi connectivity index (χ1) is 23.8. The van der Waals surface area contributed by atoms with Crippen molar-refractivity contribution >= 4 is 91.7 Å². The van der Waals surface area contributed by atoms with Crippen LogP contribution in [0.25, 0.3) is 74.4 Å². The Balaban J connectivity index is 1.13. The molecule has 2 heteroatoms. The van der Waals surface area contributed by atoms with E-state index in [2.05, 4.69) is 181 Å². The molecule has 48 heavy (non-hydrogen) atoms. The van der Waals surface area contributed by atoms with Gasteiger partial charge in [-0.1, -0.05) is 140 Å². The minimum Gasteiger partial charge on any atom is -0.310 e. The van der Waals surface area contributed by atoms with Crippen LogP contribution < -0.4 is 4.90 Å². The number of fused-ring (bicyclic) bond motifs is 10. The van der Waals surface area contributed by atoms with Gasteiger partial charge in [0.25, 0.3) is 0 Å². The van der Waals surface area contributed by atoms with Gasteiger partial charge in [0.2, 0.25) is 0 Å². The molecule has 0 N–H and O–H groups in total. The molecule has 1 nitrogen and oxygen atoms in total. The molecule has 0 aliphatic heterocycles. The Bertz CT molecular complexity index is 2830. The minimum absolute atomic E-state index is 1.13. The van der Waals surface area contributed by atoms with E-state index < -0.39 is 0 Å². The lowest BCUT2D eigenvalue weighted by molar-refractivity contribution is 1.30. The highest BCUT2D eigenvalue weighted by Crippen LogP contribution is 2.47. The fraction of sp³-hybridized carbons (Fsp3) is 0. The quantitative estimate of drug-likeness (QED) is 0.176. The average molecular weight is 628 g/mol. The number of para-hydroxylation sites is 1. The number of hydrogen-bond acceptors (Lipinski definition) is 2. The Kier molecular flexibility index (Phi) is 6.12. The van der Waals surface area contributed by atoms with Gasteiger partial charge in [-0.25, -0.2) is 0 Å². The summed E-state index contributed by atoms with van der Waals surface area (Å²) in [6, 6.07) is 64.4. The van der Waals surface area contributed by atoms with Crippen LogP contribution in [0, 0.1) is 0 Å². The molecule has 0 fully saturated rings. The molecule has 0 aliphatic carbocycles. The third-order valence-corrected chi connectivity index (χ3v) is 11.0. The first kappa shape index (κ1) is 27.2. The van der Waals surface area contributed by atoms with E-state index in [9.17, 15) is 0 Å². The first-order valence-corrected chi connectivity index (χ1v) is 17.3. The van der Waals surface area contributed by atoms with E-state index in [1.54, 1.807) is 0 Å². The van der Waals surface area contributed by atoms with Crippen molar-refractivity contribution in [2.24, 2.45) is 0 Å². The van der Waals surface area contributed by atoms with Crippen molar-refractivity contribution in [1.29, 1.82) is 0 Å². The summed E-state index contributed by atoms with van der Waals surface area (Å²) in [5, 5.41) is 12.9. The molecule has 0 saturated carbocycles. The van der Waals surface area contributed by atoms with Crippen molar-refractivity contribution in [3.05, 3.63) is 176 Å². The molecule has 0 saturated heterocycles. The van der Waals surface area contributed by atoms with Crippen molar-refractivity contribution in [3.63, 3.8) is 0 Å². The van der Waals surface area contributed by atoms with Gasteiger partial charge < -0.3 is 4.90 Å². The summed E-state index contributed by atoms with van der Waals surface area (Å²) in [7, 11) is 0. The molecule has 9 aromatic carbocycles. The molecule has 0 unspecified atom stereocenters. The Hall–Kier alpha value is -5.96. The number of anilines is 3. The predicted octanol–water partition coefficient (Wildman–Crippen LogP) is 13.8. The van der Waals surface area contributed by atoms with E-state index in [0.717, 1.165) is 11.4 Å². The molecular weight excluding hydrogens is 599 g/mol. The number of benzene rings is 9. The molecule has 10 aromatic rings. The zero-order chi connectivity index (χ0) is 31.6. The van der Waals surface area contributed by atoms with Gasteiger partial charge in [0.15, 0.2) is 0 Å². The van der Waals surface area contributed by atoms with Crippen LogP contribution in [0.15, 0.2) is 176 Å². The number of nitrogens with zero attached hydrogens (tertiary/aromatic N) is 1. The molecule has 0 bridgehead atoms. The van der Waals surface area contributed by atoms with Crippen LogP contribution >= 0.6 is 11.3 Å². The van der Waals surface area contributed by atoms with E-state index in [4.69, 9.17) is 0 Å². The summed E-state index contributed by atoms with van der Waals surface area (Å²) in [6.45, 7) is 0. The number of rotatable bonds is 4. The van der Waals surface area contributed by atoms with Gasteiger partial charge in [-0.2, -0.15) is 0 Å².